The number of ether oxygens (including phenoxy) is 2. The molecule has 2 amide bonds. The Kier molecular flexibility index (Phi) is 9.23. The molecule has 1 unspecified atom stereocenters. The number of nitrogens with zero attached hydrogens (tertiary/aromatic N) is 3. The van der Waals surface area contributed by atoms with Gasteiger partial charge in [-0.25, -0.2) is 4.79 Å². The lowest BCUT2D eigenvalue weighted by Crippen LogP contribution is -2.59. The first-order valence-corrected chi connectivity index (χ1v) is 13.7. The van der Waals surface area contributed by atoms with Crippen molar-refractivity contribution in [2.45, 2.75) is 19.3 Å². The lowest BCUT2D eigenvalue weighted by molar-refractivity contribution is -0.136. The highest BCUT2D eigenvalue weighted by molar-refractivity contribution is 6.30. The van der Waals surface area contributed by atoms with Gasteiger partial charge in [0.05, 0.1) is 32.3 Å². The molecule has 1 atom stereocenters. The van der Waals surface area contributed by atoms with E-state index in [2.05, 4.69) is 25.9 Å². The molecule has 4 aromatic rings. The first-order valence-electron chi connectivity index (χ1n) is 13.4. The van der Waals surface area contributed by atoms with Crippen molar-refractivity contribution >= 4 is 52.0 Å². The van der Waals surface area contributed by atoms with E-state index in [1.165, 1.54) is 7.11 Å². The molecule has 0 saturated carbocycles. The van der Waals surface area contributed by atoms with Crippen LogP contribution in [0, 0.1) is 0 Å². The normalized spacial score (nSPS) is 15.4. The van der Waals surface area contributed by atoms with Crippen LogP contribution in [0.4, 0.5) is 10.5 Å². The minimum absolute atomic E-state index is 0.0207. The average Bonchev–Trinajstić information content (AvgIpc) is 2.99. The highest BCUT2D eigenvalue weighted by atomic mass is 35.5. The number of fused-ring (bicyclic) bond motifs is 1. The molecular weight excluding hydrogens is 572 g/mol. The third-order valence-electron chi connectivity index (χ3n) is 6.39. The van der Waals surface area contributed by atoms with Gasteiger partial charge in [-0.15, -0.1) is 0 Å². The number of urea groups is 1. The van der Waals surface area contributed by atoms with Crippen LogP contribution in [0.25, 0.3) is 10.8 Å². The fourth-order valence-corrected chi connectivity index (χ4v) is 4.61. The van der Waals surface area contributed by atoms with Gasteiger partial charge in [0.1, 0.15) is 11.5 Å². The molecule has 12 heteroatoms. The van der Waals surface area contributed by atoms with Crippen molar-refractivity contribution in [1.29, 1.82) is 0 Å². The van der Waals surface area contributed by atoms with E-state index < -0.39 is 18.4 Å². The van der Waals surface area contributed by atoms with Gasteiger partial charge in [-0.2, -0.15) is 4.99 Å². The summed E-state index contributed by atoms with van der Waals surface area (Å²) >= 11 is 6.26. The van der Waals surface area contributed by atoms with Crippen LogP contribution in [-0.2, 0) is 11.3 Å². The topological polar surface area (TPSA) is 137 Å². The molecule has 0 radical (unpaired) electrons. The number of amides is 2. The first-order chi connectivity index (χ1) is 20.9. The summed E-state index contributed by atoms with van der Waals surface area (Å²) in [5.74, 6) is 0.336. The van der Waals surface area contributed by atoms with Gasteiger partial charge in [-0.3, -0.25) is 25.3 Å². The number of carboxylic acid groups (broad SMARTS) is 1. The van der Waals surface area contributed by atoms with Crippen LogP contribution in [0.15, 0.2) is 101 Å². The Bertz CT molecular complexity index is 1690. The van der Waals surface area contributed by atoms with E-state index in [1.807, 2.05) is 60.7 Å². The zero-order valence-corrected chi connectivity index (χ0v) is 23.9. The number of carbonyl (C=O) groups is 2. The molecule has 5 rings (SSSR count). The lowest BCUT2D eigenvalue weighted by Gasteiger charge is -2.36. The van der Waals surface area contributed by atoms with Crippen molar-refractivity contribution in [3.63, 3.8) is 0 Å². The second-order valence-electron chi connectivity index (χ2n) is 9.44. The number of nitrogens with one attached hydrogen (secondary N) is 3. The van der Waals surface area contributed by atoms with Crippen molar-refractivity contribution in [3.05, 3.63) is 102 Å². The van der Waals surface area contributed by atoms with Crippen LogP contribution in [-0.4, -0.2) is 53.9 Å². The van der Waals surface area contributed by atoms with Gasteiger partial charge in [0.2, 0.25) is 11.9 Å². The summed E-state index contributed by atoms with van der Waals surface area (Å²) in [7, 11) is 1.51. The van der Waals surface area contributed by atoms with E-state index in [4.69, 9.17) is 21.1 Å². The number of aliphatic imine (C=N–C) groups is 2. The van der Waals surface area contributed by atoms with E-state index in [0.29, 0.717) is 22.2 Å². The first kappa shape index (κ1) is 29.2. The predicted molar refractivity (Wildman–Crippen MR) is 166 cm³/mol. The maximum Gasteiger partial charge on any atom is 0.326 e. The smallest absolute Gasteiger partial charge is 0.326 e. The number of benzene rings is 4. The molecule has 0 aliphatic carbocycles. The van der Waals surface area contributed by atoms with E-state index in [1.54, 1.807) is 35.2 Å². The molecule has 0 spiro atoms. The van der Waals surface area contributed by atoms with Crippen molar-refractivity contribution in [1.82, 2.24) is 15.5 Å². The third-order valence-corrected chi connectivity index (χ3v) is 6.62. The fourth-order valence-electron chi connectivity index (χ4n) is 4.39. The van der Waals surface area contributed by atoms with Gasteiger partial charge >= 0.3 is 12.0 Å². The van der Waals surface area contributed by atoms with Crippen LogP contribution in [0.5, 0.6) is 11.5 Å². The molecule has 1 heterocycles. The number of guanidine groups is 2. The van der Waals surface area contributed by atoms with E-state index in [-0.39, 0.29) is 31.4 Å². The fraction of sp³-hybridized carbons (Fsp3) is 0.161. The molecule has 4 N–H and O–H groups in total. The van der Waals surface area contributed by atoms with Gasteiger partial charge in [-0.1, -0.05) is 66.2 Å². The summed E-state index contributed by atoms with van der Waals surface area (Å²) in [6.07, 6.45) is -1.19. The number of methoxy groups -OCH3 is 1. The van der Waals surface area contributed by atoms with Crippen LogP contribution in [0.3, 0.4) is 0 Å². The Labute approximate surface area is 252 Å². The molecule has 0 bridgehead atoms. The Morgan fingerprint density at radius 3 is 2.58 bits per heavy atom. The second kappa shape index (κ2) is 13.6. The van der Waals surface area contributed by atoms with E-state index >= 15 is 0 Å². The van der Waals surface area contributed by atoms with Gasteiger partial charge < -0.3 is 19.9 Å². The maximum absolute atomic E-state index is 13.0. The molecule has 0 fully saturated rings. The minimum Gasteiger partial charge on any atom is -0.495 e. The van der Waals surface area contributed by atoms with Gasteiger partial charge in [0.25, 0.3) is 6.35 Å². The molecule has 1 aliphatic heterocycles. The molecular formula is C31H29ClN6O5. The number of para-hydroxylation sites is 2. The monoisotopic (exact) mass is 600 g/mol. The minimum atomic E-state index is -0.994. The van der Waals surface area contributed by atoms with Crippen LogP contribution < -0.4 is 25.4 Å². The zero-order valence-electron chi connectivity index (χ0n) is 23.2. The number of carbonyl (C=O) groups excluding carboxylic acids is 1. The summed E-state index contributed by atoms with van der Waals surface area (Å²) in [4.78, 5) is 35.1. The Balaban J connectivity index is 1.48. The Morgan fingerprint density at radius 1 is 1.00 bits per heavy atom. The average molecular weight is 601 g/mol. The highest BCUT2D eigenvalue weighted by Gasteiger charge is 2.31. The maximum atomic E-state index is 13.0. The van der Waals surface area contributed by atoms with Crippen molar-refractivity contribution in [3.8, 4) is 11.5 Å². The lowest BCUT2D eigenvalue weighted by atomic mass is 10.1. The zero-order chi connectivity index (χ0) is 30.2. The Morgan fingerprint density at radius 2 is 1.79 bits per heavy atom. The largest absolute Gasteiger partial charge is 0.495 e. The van der Waals surface area contributed by atoms with E-state index in [0.717, 1.165) is 16.3 Å². The number of hydrogen-bond acceptors (Lipinski definition) is 6. The van der Waals surface area contributed by atoms with Crippen LogP contribution in [0.2, 0.25) is 5.02 Å². The summed E-state index contributed by atoms with van der Waals surface area (Å²) in [6, 6.07) is 27.2. The number of carboxylic acids is 1. The summed E-state index contributed by atoms with van der Waals surface area (Å²) in [5.41, 5.74) is 1.30. The molecule has 1 aliphatic rings. The summed E-state index contributed by atoms with van der Waals surface area (Å²) in [6.45, 7) is 0.245. The predicted octanol–water partition coefficient (Wildman–Crippen LogP) is 5.28. The van der Waals surface area contributed by atoms with E-state index in [9.17, 15) is 14.7 Å². The van der Waals surface area contributed by atoms with Gasteiger partial charge in [0.15, 0.2) is 0 Å². The summed E-state index contributed by atoms with van der Waals surface area (Å²) in [5, 5.41) is 20.3. The van der Waals surface area contributed by atoms with Crippen LogP contribution in [0.1, 0.15) is 12.0 Å². The quantitative estimate of drug-likeness (QED) is 0.205. The number of halogens is 1. The molecule has 220 valence electrons. The number of rotatable bonds is 9. The Hall–Kier alpha value is -5.29. The van der Waals surface area contributed by atoms with Gasteiger partial charge in [-0.05, 0) is 52.7 Å². The third kappa shape index (κ3) is 7.72. The molecule has 0 saturated heterocycles. The van der Waals surface area contributed by atoms with Crippen molar-refractivity contribution < 1.29 is 24.2 Å². The van der Waals surface area contributed by atoms with Crippen LogP contribution >= 0.6 is 11.6 Å². The standard InChI is InChI=1S/C31H29ClN6O5/c1-42-26-12-5-4-11-25(26)34-30(41)36-28-35-29(33-16-15-27(39)40)38(19-20-7-6-10-23(32)17-20)31(37-28)43-24-14-13-21-8-2-3-9-22(21)18-24/h2-14,17-18,31H,15-16,19H2,1H3,(H,39,40)(H3,33,34,35,36,37,41). The number of hydrogen-bond donors (Lipinski definition) is 4. The van der Waals surface area contributed by atoms with Crippen molar-refractivity contribution in [2.75, 3.05) is 19.0 Å². The molecule has 43 heavy (non-hydrogen) atoms. The molecule has 0 aromatic heterocycles. The number of aliphatic carboxylic acids is 1. The second-order valence-corrected chi connectivity index (χ2v) is 9.88. The highest BCUT2D eigenvalue weighted by Crippen LogP contribution is 2.25. The molecule has 11 nitrogen and oxygen atoms in total. The SMILES string of the molecule is COc1ccccc1NC(=O)NC1=NC(Oc2ccc3ccccc3c2)N(Cc2cccc(Cl)c2)C(=NCCC(=O)O)N1. The summed E-state index contributed by atoms with van der Waals surface area (Å²) < 4.78 is 11.7. The number of anilines is 1. The molecule has 4 aromatic carbocycles. The van der Waals surface area contributed by atoms with Crippen molar-refractivity contribution in [2.24, 2.45) is 9.98 Å². The van der Waals surface area contributed by atoms with Gasteiger partial charge in [0, 0.05) is 5.02 Å².